The van der Waals surface area contributed by atoms with Gasteiger partial charge in [-0.15, -0.1) is 0 Å². The summed E-state index contributed by atoms with van der Waals surface area (Å²) in [5.74, 6) is 0. The smallest absolute Gasteiger partial charge is 0.261 e. The van der Waals surface area contributed by atoms with Crippen molar-refractivity contribution < 1.29 is 8.42 Å². The van der Waals surface area contributed by atoms with Crippen molar-refractivity contribution in [1.82, 2.24) is 0 Å². The van der Waals surface area contributed by atoms with E-state index in [0.717, 1.165) is 16.7 Å². The van der Waals surface area contributed by atoms with Crippen molar-refractivity contribution in [3.05, 3.63) is 53.1 Å². The number of sulfonamides is 1. The predicted molar refractivity (Wildman–Crippen MR) is 82.3 cm³/mol. The van der Waals surface area contributed by atoms with E-state index in [0.29, 0.717) is 11.4 Å². The molecule has 2 aromatic carbocycles. The van der Waals surface area contributed by atoms with Crippen LogP contribution >= 0.6 is 0 Å². The first-order valence-corrected chi connectivity index (χ1v) is 7.74. The summed E-state index contributed by atoms with van der Waals surface area (Å²) in [5, 5.41) is 0. The minimum atomic E-state index is -3.58. The average molecular weight is 290 g/mol. The maximum atomic E-state index is 12.4. The van der Waals surface area contributed by atoms with Crippen LogP contribution in [-0.2, 0) is 10.0 Å². The summed E-state index contributed by atoms with van der Waals surface area (Å²) < 4.78 is 27.3. The van der Waals surface area contributed by atoms with E-state index >= 15 is 0 Å². The number of benzene rings is 2. The zero-order valence-electron chi connectivity index (χ0n) is 11.8. The number of aryl methyl sites for hydroxylation is 3. The molecule has 3 N–H and O–H groups in total. The van der Waals surface area contributed by atoms with Crippen molar-refractivity contribution in [2.45, 2.75) is 25.7 Å². The molecule has 5 heteroatoms. The molecule has 0 unspecified atom stereocenters. The summed E-state index contributed by atoms with van der Waals surface area (Å²) >= 11 is 0. The molecule has 0 amide bonds. The molecule has 0 bridgehead atoms. The topological polar surface area (TPSA) is 72.2 Å². The normalized spacial score (nSPS) is 11.3. The lowest BCUT2D eigenvalue weighted by Gasteiger charge is -2.12. The van der Waals surface area contributed by atoms with Crippen LogP contribution in [-0.4, -0.2) is 8.42 Å². The number of hydrogen-bond acceptors (Lipinski definition) is 3. The Kier molecular flexibility index (Phi) is 3.72. The molecule has 106 valence electrons. The summed E-state index contributed by atoms with van der Waals surface area (Å²) in [6.07, 6.45) is 0. The van der Waals surface area contributed by atoms with E-state index in [1.54, 1.807) is 36.4 Å². The minimum absolute atomic E-state index is 0.261. The number of hydrogen-bond donors (Lipinski definition) is 2. The summed E-state index contributed by atoms with van der Waals surface area (Å²) in [6, 6.07) is 10.2. The molecular weight excluding hydrogens is 272 g/mol. The van der Waals surface area contributed by atoms with Crippen LogP contribution in [0.3, 0.4) is 0 Å². The molecular formula is C15H18N2O2S. The van der Waals surface area contributed by atoms with Gasteiger partial charge in [-0.05, 0) is 67.8 Å². The Hall–Kier alpha value is -2.01. The largest absolute Gasteiger partial charge is 0.399 e. The highest BCUT2D eigenvalue weighted by Crippen LogP contribution is 2.22. The third-order valence-electron chi connectivity index (χ3n) is 3.28. The first kappa shape index (κ1) is 14.4. The second-order valence-electron chi connectivity index (χ2n) is 4.93. The Bertz CT molecular complexity index is 752. The second kappa shape index (κ2) is 5.17. The van der Waals surface area contributed by atoms with Gasteiger partial charge in [-0.3, -0.25) is 4.72 Å². The molecule has 0 saturated carbocycles. The first-order chi connectivity index (χ1) is 9.29. The molecule has 0 fully saturated rings. The van der Waals surface area contributed by atoms with Gasteiger partial charge in [-0.1, -0.05) is 6.07 Å². The zero-order valence-corrected chi connectivity index (χ0v) is 12.6. The summed E-state index contributed by atoms with van der Waals surface area (Å²) in [7, 11) is -3.58. The fraction of sp³-hybridized carbons (Fsp3) is 0.200. The lowest BCUT2D eigenvalue weighted by atomic mass is 10.1. The Labute approximate surface area is 119 Å². The highest BCUT2D eigenvalue weighted by Gasteiger charge is 2.15. The lowest BCUT2D eigenvalue weighted by Crippen LogP contribution is -2.14. The molecule has 0 aliphatic heterocycles. The van der Waals surface area contributed by atoms with Gasteiger partial charge in [0.2, 0.25) is 0 Å². The molecule has 0 spiro atoms. The molecule has 0 radical (unpaired) electrons. The molecule has 0 aliphatic rings. The maximum Gasteiger partial charge on any atom is 0.261 e. The van der Waals surface area contributed by atoms with E-state index in [1.165, 1.54) is 0 Å². The minimum Gasteiger partial charge on any atom is -0.399 e. The van der Waals surface area contributed by atoms with Crippen molar-refractivity contribution in [2.75, 3.05) is 10.5 Å². The summed E-state index contributed by atoms with van der Waals surface area (Å²) in [6.45, 7) is 5.65. The van der Waals surface area contributed by atoms with E-state index in [4.69, 9.17) is 5.73 Å². The molecule has 20 heavy (non-hydrogen) atoms. The van der Waals surface area contributed by atoms with Crippen LogP contribution in [0.5, 0.6) is 0 Å². The molecule has 0 saturated heterocycles. The van der Waals surface area contributed by atoms with Crippen LogP contribution in [0.15, 0.2) is 41.3 Å². The molecule has 4 nitrogen and oxygen atoms in total. The number of nitrogen functional groups attached to an aromatic ring is 1. The Morgan fingerprint density at radius 3 is 2.20 bits per heavy atom. The monoisotopic (exact) mass is 290 g/mol. The average Bonchev–Trinajstić information content (AvgIpc) is 2.36. The van der Waals surface area contributed by atoms with Gasteiger partial charge in [-0.25, -0.2) is 8.42 Å². The Morgan fingerprint density at radius 1 is 0.900 bits per heavy atom. The lowest BCUT2D eigenvalue weighted by molar-refractivity contribution is 0.601. The number of rotatable bonds is 3. The van der Waals surface area contributed by atoms with Gasteiger partial charge in [0.25, 0.3) is 10.0 Å². The quantitative estimate of drug-likeness (QED) is 0.854. The Morgan fingerprint density at radius 2 is 1.60 bits per heavy atom. The standard InChI is InChI=1S/C15H18N2O2S/c1-10-4-6-14(9-11(10)2)20(18,19)17-15-7-5-13(16)8-12(15)3/h4-9,17H,16H2,1-3H3. The van der Waals surface area contributed by atoms with Crippen LogP contribution in [0.25, 0.3) is 0 Å². The number of anilines is 2. The number of nitrogens with two attached hydrogens (primary N) is 1. The third-order valence-corrected chi connectivity index (χ3v) is 4.65. The van der Waals surface area contributed by atoms with E-state index in [-0.39, 0.29) is 4.90 Å². The van der Waals surface area contributed by atoms with E-state index < -0.39 is 10.0 Å². The van der Waals surface area contributed by atoms with Crippen molar-refractivity contribution in [1.29, 1.82) is 0 Å². The zero-order chi connectivity index (χ0) is 14.9. The summed E-state index contributed by atoms with van der Waals surface area (Å²) in [5.41, 5.74) is 9.61. The van der Waals surface area contributed by atoms with Gasteiger partial charge in [0, 0.05) is 5.69 Å². The van der Waals surface area contributed by atoms with Gasteiger partial charge >= 0.3 is 0 Å². The maximum absolute atomic E-state index is 12.4. The molecule has 0 atom stereocenters. The van der Waals surface area contributed by atoms with Crippen molar-refractivity contribution in [3.63, 3.8) is 0 Å². The second-order valence-corrected chi connectivity index (χ2v) is 6.61. The fourth-order valence-electron chi connectivity index (χ4n) is 1.89. The van der Waals surface area contributed by atoms with Gasteiger partial charge in [-0.2, -0.15) is 0 Å². The van der Waals surface area contributed by atoms with Gasteiger partial charge in [0.1, 0.15) is 0 Å². The van der Waals surface area contributed by atoms with Crippen LogP contribution < -0.4 is 10.5 Å². The van der Waals surface area contributed by atoms with Crippen LogP contribution in [0, 0.1) is 20.8 Å². The van der Waals surface area contributed by atoms with Gasteiger partial charge in [0.15, 0.2) is 0 Å². The first-order valence-electron chi connectivity index (χ1n) is 6.26. The van der Waals surface area contributed by atoms with Crippen LogP contribution in [0.1, 0.15) is 16.7 Å². The van der Waals surface area contributed by atoms with Crippen molar-refractivity contribution >= 4 is 21.4 Å². The van der Waals surface area contributed by atoms with E-state index in [9.17, 15) is 8.42 Å². The molecule has 0 aliphatic carbocycles. The highest BCUT2D eigenvalue weighted by atomic mass is 32.2. The predicted octanol–water partition coefficient (Wildman–Crippen LogP) is 2.99. The van der Waals surface area contributed by atoms with Crippen LogP contribution in [0.4, 0.5) is 11.4 Å². The van der Waals surface area contributed by atoms with Crippen molar-refractivity contribution in [2.24, 2.45) is 0 Å². The van der Waals surface area contributed by atoms with E-state index in [2.05, 4.69) is 4.72 Å². The van der Waals surface area contributed by atoms with Crippen LogP contribution in [0.2, 0.25) is 0 Å². The SMILES string of the molecule is Cc1ccc(S(=O)(=O)Nc2ccc(N)cc2C)cc1C. The summed E-state index contributed by atoms with van der Waals surface area (Å²) in [4.78, 5) is 0.261. The molecule has 2 aromatic rings. The molecule has 0 heterocycles. The molecule has 0 aromatic heterocycles. The number of nitrogens with one attached hydrogen (secondary N) is 1. The Balaban J connectivity index is 2.38. The van der Waals surface area contributed by atoms with E-state index in [1.807, 2.05) is 20.8 Å². The van der Waals surface area contributed by atoms with Crippen molar-refractivity contribution in [3.8, 4) is 0 Å². The highest BCUT2D eigenvalue weighted by molar-refractivity contribution is 7.92. The van der Waals surface area contributed by atoms with Gasteiger partial charge < -0.3 is 5.73 Å². The van der Waals surface area contributed by atoms with Gasteiger partial charge in [0.05, 0.1) is 10.6 Å². The third kappa shape index (κ3) is 2.93. The molecule has 2 rings (SSSR count). The fourth-order valence-corrected chi connectivity index (χ4v) is 3.10.